The predicted molar refractivity (Wildman–Crippen MR) is 515 cm³/mol. The number of piperazine rings is 2. The third-order valence-electron chi connectivity index (χ3n) is 28.1. The molecule has 7 aromatic rings. The number of esters is 2. The van der Waals surface area contributed by atoms with Gasteiger partial charge in [-0.15, -0.1) is 0 Å². The van der Waals surface area contributed by atoms with Crippen LogP contribution in [0.25, 0.3) is 43.8 Å². The van der Waals surface area contributed by atoms with Crippen molar-refractivity contribution in [3.63, 3.8) is 0 Å². The van der Waals surface area contributed by atoms with Crippen molar-refractivity contribution in [3.8, 4) is 11.3 Å². The van der Waals surface area contributed by atoms with E-state index >= 15 is 0 Å². The molecule has 137 heavy (non-hydrogen) atoms. The first-order chi connectivity index (χ1) is 66.0. The largest absolute Gasteiger partial charge is 0.461 e. The number of azide groups is 1. The summed E-state index contributed by atoms with van der Waals surface area (Å²) in [5.41, 5.74) is 31.4. The Hall–Kier alpha value is -11.5. The number of anilines is 4. The van der Waals surface area contributed by atoms with Crippen molar-refractivity contribution in [2.45, 2.75) is 239 Å². The number of aliphatic hydroxyl groups excluding tert-OH is 1. The molecule has 11 heterocycles. The Morgan fingerprint density at radius 2 is 1.48 bits per heavy atom. The lowest BCUT2D eigenvalue weighted by molar-refractivity contribution is -0.265. The Balaban J connectivity index is 0.000000279. The number of ketones is 2. The Morgan fingerprint density at radius 3 is 2.19 bits per heavy atom. The van der Waals surface area contributed by atoms with Crippen LogP contribution in [0.5, 0.6) is 0 Å². The fraction of sp³-hybridized carbons (Fsp3) is 0.590. The number of likely N-dealkylation sites (N-methyl/N-ethyl adjacent to an activating group) is 1. The minimum Gasteiger partial charge on any atom is -0.461 e. The van der Waals surface area contributed by atoms with Gasteiger partial charge in [0.15, 0.2) is 17.0 Å². The van der Waals surface area contributed by atoms with Crippen LogP contribution in [0.3, 0.4) is 0 Å². The zero-order chi connectivity index (χ0) is 97.7. The summed E-state index contributed by atoms with van der Waals surface area (Å²) in [4.78, 5) is 143. The van der Waals surface area contributed by atoms with Gasteiger partial charge in [0.25, 0.3) is 23.6 Å². The van der Waals surface area contributed by atoms with Gasteiger partial charge in [0.05, 0.1) is 48.8 Å². The van der Waals surface area contributed by atoms with E-state index in [1.165, 1.54) is 23.9 Å². The number of nitrogens with zero attached hydrogens (tertiary/aromatic N) is 18. The lowest BCUT2D eigenvalue weighted by atomic mass is 9.78. The van der Waals surface area contributed by atoms with Crippen LogP contribution in [-0.2, 0) is 87.9 Å². The number of cyclic esters (lactones) is 1. The molecule has 3 amide bonds. The summed E-state index contributed by atoms with van der Waals surface area (Å²) in [6.45, 7) is 26.8. The Kier molecular flexibility index (Phi) is 36.2. The van der Waals surface area contributed by atoms with Crippen molar-refractivity contribution < 1.29 is 81.4 Å². The van der Waals surface area contributed by atoms with E-state index in [1.54, 1.807) is 58.9 Å². The number of oxazole rings is 1. The summed E-state index contributed by atoms with van der Waals surface area (Å²) in [7, 11) is 4.54. The van der Waals surface area contributed by atoms with E-state index in [2.05, 4.69) is 79.8 Å². The van der Waals surface area contributed by atoms with Gasteiger partial charge in [-0.05, 0) is 192 Å². The van der Waals surface area contributed by atoms with Gasteiger partial charge in [0.1, 0.15) is 53.8 Å². The van der Waals surface area contributed by atoms with E-state index in [4.69, 9.17) is 54.1 Å². The number of hydrogen-bond donors (Lipinski definition) is 4. The minimum atomic E-state index is -2.47. The molecule has 2 aromatic carbocycles. The van der Waals surface area contributed by atoms with Crippen molar-refractivity contribution in [3.05, 3.63) is 153 Å². The molecule has 7 aliphatic rings. The third kappa shape index (κ3) is 25.9. The number of carbonyl (C=O) groups is 7. The van der Waals surface area contributed by atoms with E-state index in [9.17, 15) is 49.3 Å². The van der Waals surface area contributed by atoms with Crippen LogP contribution < -0.4 is 21.3 Å². The first-order valence-corrected chi connectivity index (χ1v) is 48.4. The molecule has 14 rings (SSSR count). The van der Waals surface area contributed by atoms with Crippen LogP contribution in [-0.4, -0.2) is 283 Å². The number of piperidine rings is 1. The maximum atomic E-state index is 14.9. The number of allylic oxidation sites excluding steroid dienone is 5. The summed E-state index contributed by atoms with van der Waals surface area (Å²) in [5, 5.41) is 33.7. The van der Waals surface area contributed by atoms with Crippen LogP contribution >= 0.6 is 0 Å². The second kappa shape index (κ2) is 48.2. The second-order valence-electron chi connectivity index (χ2n) is 37.6. The number of carbonyl (C=O) groups excluding carboxylic acids is 7. The zero-order valence-corrected chi connectivity index (χ0v) is 81.1. The molecule has 16 atom stereocenters. The molecule has 6 N–H and O–H groups in total. The van der Waals surface area contributed by atoms with Crippen LogP contribution in [0.15, 0.2) is 125 Å². The van der Waals surface area contributed by atoms with Gasteiger partial charge in [-0.1, -0.05) is 101 Å². The number of amides is 3. The maximum absolute atomic E-state index is 14.9. The summed E-state index contributed by atoms with van der Waals surface area (Å²) >= 11 is 0. The molecule has 5 fully saturated rings. The van der Waals surface area contributed by atoms with Crippen LogP contribution in [0.2, 0.25) is 0 Å². The van der Waals surface area contributed by atoms with E-state index in [-0.39, 0.29) is 73.1 Å². The summed E-state index contributed by atoms with van der Waals surface area (Å²) in [5.74, 6) is -6.66. The van der Waals surface area contributed by atoms with Crippen molar-refractivity contribution in [2.24, 2.45) is 40.6 Å². The van der Waals surface area contributed by atoms with Crippen molar-refractivity contribution in [1.82, 2.24) is 64.3 Å². The maximum Gasteiger partial charge on any atom is 0.329 e. The Labute approximate surface area is 800 Å². The normalized spacial score (nSPS) is 27.7. The van der Waals surface area contributed by atoms with Crippen LogP contribution in [0.4, 0.5) is 23.7 Å². The van der Waals surface area contributed by atoms with Crippen LogP contribution in [0.1, 0.15) is 185 Å². The van der Waals surface area contributed by atoms with Crippen molar-refractivity contribution >= 4 is 87.1 Å². The number of benzene rings is 2. The van der Waals surface area contributed by atoms with E-state index in [0.29, 0.717) is 193 Å². The lowest BCUT2D eigenvalue weighted by Gasteiger charge is -2.43. The number of rotatable bonds is 22. The topological polar surface area (TPSA) is 466 Å². The quantitative estimate of drug-likeness (QED) is 0.00931. The molecule has 0 spiro atoms. The Bertz CT molecular complexity index is 5490. The minimum absolute atomic E-state index is 0.00801. The highest BCUT2D eigenvalue weighted by molar-refractivity contribution is 6.39. The predicted octanol–water partition coefficient (Wildman–Crippen LogP) is 11.3. The third-order valence-corrected chi connectivity index (χ3v) is 28.1. The fourth-order valence-electron chi connectivity index (χ4n) is 19.9. The fourth-order valence-corrected chi connectivity index (χ4v) is 19.9. The average molecular weight is 1890 g/mol. The monoisotopic (exact) mass is 1890 g/mol. The first kappa shape index (κ1) is 103. The highest BCUT2D eigenvalue weighted by Crippen LogP contribution is 2.41. The van der Waals surface area contributed by atoms with Gasteiger partial charge in [0.2, 0.25) is 23.6 Å². The average Bonchev–Trinajstić information content (AvgIpc) is 1.62. The number of ether oxygens (including phenoxy) is 7. The summed E-state index contributed by atoms with van der Waals surface area (Å²) in [6, 6.07) is 10.0. The van der Waals surface area contributed by atoms with Gasteiger partial charge >= 0.3 is 11.9 Å². The summed E-state index contributed by atoms with van der Waals surface area (Å²) < 4.78 is 49.0. The van der Waals surface area contributed by atoms with Gasteiger partial charge in [-0.2, -0.15) is 10.1 Å². The smallest absolute Gasteiger partial charge is 0.329 e. The van der Waals surface area contributed by atoms with Gasteiger partial charge < -0.3 is 88.7 Å². The SMILES string of the molecule is CCN1CCN(c2ncc(C(=O)N3CCc4cc(Cn5nc(-c6ccc7oc(N)nc7c6)c6c(N)ncnc65)ccc4C3)cn2)CC1.CCOCCC(=O)N1CCN(c2ncc(CCC(=O)O[C@@H]3CC[C@@H](C[C@@H](C)[C@@H]4C[C@H](N=[N+]=[N-])[C@H](C)/C=C(\C)[C@@H](O)[C@@H](OC)C(=O)[C@H](C)C[C@H](C)/C=C/C=C/C=C(\C)[C@@H](OC)C[C@@H]5CC[C@@H](C)[C@@](O)(O5)C(=O)C(=O)N5CCCC[C@H]5C(=O)O4)C[C@H]3OC)cn2)CC1. The number of aromatic nitrogens is 9. The molecule has 4 saturated heterocycles. The molecular formula is C100H136N20O17. The Morgan fingerprint density at radius 1 is 0.745 bits per heavy atom. The van der Waals surface area contributed by atoms with Crippen molar-refractivity contribution in [1.29, 1.82) is 0 Å². The summed E-state index contributed by atoms with van der Waals surface area (Å²) in [6.07, 6.45) is 20.7. The number of hydrogen-bond acceptors (Lipinski definition) is 31. The highest BCUT2D eigenvalue weighted by atomic mass is 16.6. The molecule has 37 heteroatoms. The zero-order valence-electron chi connectivity index (χ0n) is 81.1. The van der Waals surface area contributed by atoms with E-state index in [1.807, 2.05) is 110 Å². The molecule has 5 aromatic heterocycles. The van der Waals surface area contributed by atoms with Crippen molar-refractivity contribution in [2.75, 3.05) is 128 Å². The molecule has 1 aliphatic carbocycles. The molecular weight excluding hydrogens is 1750 g/mol. The second-order valence-corrected chi connectivity index (χ2v) is 37.6. The number of methoxy groups -OCH3 is 3. The standard InChI is InChI=1S/C67H102N8O15.C33H34N12O2/c1-12-87-33-27-58(76)73-29-31-74(32-30-73)66-69-40-50(41-70-66)23-26-59(77)88-54-25-22-49(37-57(54)85-10)36-45(5)56-39-52(71-72-68)44(4)35-47(7)61(79)62(86-11)60(78)46(6)34-42(2)18-14-13-15-19-43(3)55(84-9)38-51-24-21-48(8)67(83,90-51)63(80)64(81)75-28-17-16-20-53(75)65(82)89-56;1-2-42-9-11-43(12-10-42)33-36-15-24(16-37-33)31(46)44-8-7-21-13-20(3-4-23(21)18-44)17-45-30-27(29(34)38-19-39-30)28(41-45)22-5-6-26-25(14-22)40-32(35)47-26/h13-15,18-19,35,40-42,44-46,48-49,51-57,61-62,79,83H,12,16-17,20-34,36-39H2,1-11H3;3-6,13-16,19H,2,7-12,17-18H2,1H3,(H2,35,40)(H2,34,38,39)/b15-13+,18-14+,43-19+,47-35+;/t42-,44-,45-,46-,48-,49+,51+,52+,53+,54-,55+,56+,57-,61-,62+,67-;/m1./s1. The molecule has 6 aliphatic heterocycles. The molecule has 2 bridgehead atoms. The number of aryl methyl sites for hydroxylation is 1. The van der Waals surface area contributed by atoms with Gasteiger partial charge in [0, 0.05) is 166 Å². The molecule has 0 unspecified atom stereocenters. The molecule has 738 valence electrons. The molecule has 37 nitrogen and oxygen atoms in total. The van der Waals surface area contributed by atoms with E-state index < -0.39 is 96.0 Å². The molecule has 0 radical (unpaired) electrons. The van der Waals surface area contributed by atoms with Gasteiger partial charge in [-0.25, -0.2) is 39.4 Å². The van der Waals surface area contributed by atoms with E-state index in [0.717, 1.165) is 67.0 Å². The first-order valence-electron chi connectivity index (χ1n) is 48.4. The number of fused-ring (bicyclic) bond motifs is 6. The number of nitrogens with two attached hydrogens (primary N) is 2. The molecule has 1 saturated carbocycles. The van der Waals surface area contributed by atoms with Gasteiger partial charge in [-0.3, -0.25) is 28.8 Å². The van der Waals surface area contributed by atoms with Crippen LogP contribution in [0, 0.1) is 35.5 Å². The number of aliphatic hydroxyl groups is 2. The highest BCUT2D eigenvalue weighted by Gasteiger charge is 2.54. The number of Topliss-reactive ketones (excluding diaryl/α,β-unsaturated/α-hetero) is 2. The lowest BCUT2D eigenvalue weighted by Crippen LogP contribution is -2.61. The number of nitrogen functional groups attached to an aromatic ring is 2.